The van der Waals surface area contributed by atoms with Gasteiger partial charge in [0.1, 0.15) is 5.75 Å². The monoisotopic (exact) mass is 257 g/mol. The van der Waals surface area contributed by atoms with Gasteiger partial charge < -0.3 is 9.64 Å². The first-order chi connectivity index (χ1) is 8.44. The molecule has 5 heteroatoms. The summed E-state index contributed by atoms with van der Waals surface area (Å²) in [7, 11) is 2.04. The fourth-order valence-electron chi connectivity index (χ4n) is 1.90. The minimum atomic E-state index is -4.63. The van der Waals surface area contributed by atoms with Gasteiger partial charge in [0.05, 0.1) is 0 Å². The molecule has 0 spiro atoms. The van der Waals surface area contributed by atoms with Crippen LogP contribution in [0.2, 0.25) is 0 Å². The predicted octanol–water partition coefficient (Wildman–Crippen LogP) is 3.30. The molecule has 1 aromatic rings. The minimum Gasteiger partial charge on any atom is -0.406 e. The molecular formula is C13H14F3NO. The number of halogens is 3. The second-order valence-electron chi connectivity index (χ2n) is 4.31. The Morgan fingerprint density at radius 2 is 1.83 bits per heavy atom. The highest BCUT2D eigenvalue weighted by atomic mass is 19.4. The number of likely N-dealkylation sites (N-methyl/N-ethyl adjacent to an activating group) is 1. The van der Waals surface area contributed by atoms with Crippen LogP contribution in [0.25, 0.3) is 5.57 Å². The average Bonchev–Trinajstić information content (AvgIpc) is 2.29. The van der Waals surface area contributed by atoms with E-state index in [1.54, 1.807) is 12.1 Å². The van der Waals surface area contributed by atoms with Gasteiger partial charge in [-0.1, -0.05) is 18.2 Å². The van der Waals surface area contributed by atoms with Crippen molar-refractivity contribution in [2.24, 2.45) is 0 Å². The van der Waals surface area contributed by atoms with Crippen molar-refractivity contribution in [3.8, 4) is 5.75 Å². The van der Waals surface area contributed by atoms with Crippen molar-refractivity contribution in [2.45, 2.75) is 12.8 Å². The molecule has 0 saturated carbocycles. The Hall–Kier alpha value is -1.49. The molecular weight excluding hydrogens is 243 g/mol. The van der Waals surface area contributed by atoms with Crippen molar-refractivity contribution in [3.63, 3.8) is 0 Å². The van der Waals surface area contributed by atoms with E-state index < -0.39 is 6.36 Å². The number of nitrogens with zero attached hydrogens (tertiary/aromatic N) is 1. The van der Waals surface area contributed by atoms with Crippen LogP contribution in [0.4, 0.5) is 13.2 Å². The lowest BCUT2D eigenvalue weighted by atomic mass is 10.00. The maximum absolute atomic E-state index is 12.0. The highest BCUT2D eigenvalue weighted by Crippen LogP contribution is 2.26. The van der Waals surface area contributed by atoms with Crippen LogP contribution in [0.15, 0.2) is 30.3 Å². The van der Waals surface area contributed by atoms with E-state index in [4.69, 9.17) is 0 Å². The Kier molecular flexibility index (Phi) is 3.61. The van der Waals surface area contributed by atoms with Gasteiger partial charge in [0.15, 0.2) is 0 Å². The molecule has 2 rings (SSSR count). The number of benzene rings is 1. The first-order valence-electron chi connectivity index (χ1n) is 5.68. The van der Waals surface area contributed by atoms with E-state index in [0.717, 1.165) is 25.1 Å². The molecule has 0 fully saturated rings. The van der Waals surface area contributed by atoms with E-state index in [0.29, 0.717) is 0 Å². The summed E-state index contributed by atoms with van der Waals surface area (Å²) in [6.45, 7) is 1.84. The summed E-state index contributed by atoms with van der Waals surface area (Å²) in [6, 6.07) is 6.03. The molecule has 98 valence electrons. The van der Waals surface area contributed by atoms with Gasteiger partial charge in [0.25, 0.3) is 0 Å². The largest absolute Gasteiger partial charge is 0.573 e. The highest BCUT2D eigenvalue weighted by molar-refractivity contribution is 5.67. The summed E-state index contributed by atoms with van der Waals surface area (Å²) in [5.74, 6) is -0.181. The van der Waals surface area contributed by atoms with Crippen LogP contribution in [-0.4, -0.2) is 31.4 Å². The topological polar surface area (TPSA) is 12.5 Å². The van der Waals surface area contributed by atoms with Crippen LogP contribution >= 0.6 is 0 Å². The molecule has 0 atom stereocenters. The van der Waals surface area contributed by atoms with E-state index >= 15 is 0 Å². The fourth-order valence-corrected chi connectivity index (χ4v) is 1.90. The van der Waals surface area contributed by atoms with Crippen LogP contribution in [-0.2, 0) is 0 Å². The molecule has 18 heavy (non-hydrogen) atoms. The average molecular weight is 257 g/mol. The summed E-state index contributed by atoms with van der Waals surface area (Å²) in [4.78, 5) is 2.19. The molecule has 0 radical (unpaired) electrons. The zero-order chi connectivity index (χ0) is 13.2. The number of alkyl halides is 3. The standard InChI is InChI=1S/C13H14F3NO/c1-17-8-6-11(7-9-17)10-2-4-12(5-3-10)18-13(14,15)16/h2-6H,7-9H2,1H3. The van der Waals surface area contributed by atoms with Crippen LogP contribution < -0.4 is 4.74 Å². The lowest BCUT2D eigenvalue weighted by Gasteiger charge is -2.22. The summed E-state index contributed by atoms with van der Waals surface area (Å²) in [5.41, 5.74) is 2.13. The maximum Gasteiger partial charge on any atom is 0.573 e. The molecule has 0 aliphatic carbocycles. The molecule has 0 amide bonds. The lowest BCUT2D eigenvalue weighted by molar-refractivity contribution is -0.274. The third-order valence-electron chi connectivity index (χ3n) is 2.87. The Morgan fingerprint density at radius 3 is 2.33 bits per heavy atom. The van der Waals surface area contributed by atoms with Crippen LogP contribution in [0.5, 0.6) is 5.75 Å². The van der Waals surface area contributed by atoms with Crippen molar-refractivity contribution >= 4 is 5.57 Å². The molecule has 2 nitrogen and oxygen atoms in total. The van der Waals surface area contributed by atoms with Crippen LogP contribution in [0.3, 0.4) is 0 Å². The van der Waals surface area contributed by atoms with Crippen molar-refractivity contribution in [1.29, 1.82) is 0 Å². The van der Waals surface area contributed by atoms with Gasteiger partial charge in [0.2, 0.25) is 0 Å². The van der Waals surface area contributed by atoms with Crippen molar-refractivity contribution in [3.05, 3.63) is 35.9 Å². The molecule has 1 aliphatic rings. The molecule has 1 aromatic carbocycles. The highest BCUT2D eigenvalue weighted by Gasteiger charge is 2.30. The third kappa shape index (κ3) is 3.50. The normalized spacial score (nSPS) is 17.4. The van der Waals surface area contributed by atoms with Gasteiger partial charge in [-0.25, -0.2) is 0 Å². The first-order valence-corrected chi connectivity index (χ1v) is 5.68. The number of ether oxygens (including phenoxy) is 1. The zero-order valence-corrected chi connectivity index (χ0v) is 10.00. The van der Waals surface area contributed by atoms with Gasteiger partial charge >= 0.3 is 6.36 Å². The summed E-state index contributed by atoms with van der Waals surface area (Å²) in [6.07, 6.45) is -1.62. The van der Waals surface area contributed by atoms with Crippen molar-refractivity contribution in [2.75, 3.05) is 20.1 Å². The molecule has 0 N–H and O–H groups in total. The Balaban J connectivity index is 2.08. The van der Waals surface area contributed by atoms with Gasteiger partial charge in [-0.15, -0.1) is 13.2 Å². The summed E-state index contributed by atoms with van der Waals surface area (Å²) >= 11 is 0. The Morgan fingerprint density at radius 1 is 1.17 bits per heavy atom. The molecule has 0 saturated heterocycles. The van der Waals surface area contributed by atoms with E-state index in [1.807, 2.05) is 7.05 Å². The second-order valence-corrected chi connectivity index (χ2v) is 4.31. The van der Waals surface area contributed by atoms with Crippen molar-refractivity contribution < 1.29 is 17.9 Å². The first kappa shape index (κ1) is 13.0. The van der Waals surface area contributed by atoms with Gasteiger partial charge in [-0.3, -0.25) is 0 Å². The van der Waals surface area contributed by atoms with Crippen LogP contribution in [0, 0.1) is 0 Å². The Bertz CT molecular complexity index is 437. The van der Waals surface area contributed by atoms with E-state index in [2.05, 4.69) is 15.7 Å². The van der Waals surface area contributed by atoms with Crippen molar-refractivity contribution in [1.82, 2.24) is 4.90 Å². The van der Waals surface area contributed by atoms with E-state index in [-0.39, 0.29) is 5.75 Å². The number of rotatable bonds is 2. The smallest absolute Gasteiger partial charge is 0.406 e. The summed E-state index contributed by atoms with van der Waals surface area (Å²) in [5, 5.41) is 0. The quantitative estimate of drug-likeness (QED) is 0.806. The zero-order valence-electron chi connectivity index (χ0n) is 10.00. The summed E-state index contributed by atoms with van der Waals surface area (Å²) < 4.78 is 39.8. The van der Waals surface area contributed by atoms with Gasteiger partial charge in [-0.2, -0.15) is 0 Å². The Labute approximate surface area is 104 Å². The SMILES string of the molecule is CN1CC=C(c2ccc(OC(F)(F)F)cc2)CC1. The van der Waals surface area contributed by atoms with E-state index in [1.165, 1.54) is 17.7 Å². The number of hydrogen-bond donors (Lipinski definition) is 0. The molecule has 0 unspecified atom stereocenters. The lowest BCUT2D eigenvalue weighted by Crippen LogP contribution is -2.23. The fraction of sp³-hybridized carbons (Fsp3) is 0.385. The minimum absolute atomic E-state index is 0.181. The molecule has 0 bridgehead atoms. The molecule has 1 heterocycles. The number of hydrogen-bond acceptors (Lipinski definition) is 2. The van der Waals surface area contributed by atoms with Crippen LogP contribution in [0.1, 0.15) is 12.0 Å². The predicted molar refractivity (Wildman–Crippen MR) is 63.2 cm³/mol. The second kappa shape index (κ2) is 5.02. The van der Waals surface area contributed by atoms with E-state index in [9.17, 15) is 13.2 Å². The van der Waals surface area contributed by atoms with Gasteiger partial charge in [0, 0.05) is 13.1 Å². The van der Waals surface area contributed by atoms with Gasteiger partial charge in [-0.05, 0) is 36.7 Å². The molecule has 0 aromatic heterocycles. The maximum atomic E-state index is 12.0. The molecule has 1 aliphatic heterocycles. The third-order valence-corrected chi connectivity index (χ3v) is 2.87.